The third-order valence-corrected chi connectivity index (χ3v) is 4.63. The molecular weight excluding hydrogens is 384 g/mol. The first-order chi connectivity index (χ1) is 14.2. The van der Waals surface area contributed by atoms with E-state index in [-0.39, 0.29) is 12.7 Å². The highest BCUT2D eigenvalue weighted by Gasteiger charge is 2.28. The molecule has 30 heavy (non-hydrogen) atoms. The zero-order valence-electron chi connectivity index (χ0n) is 17.8. The number of aryl methyl sites for hydroxylation is 1. The van der Waals surface area contributed by atoms with E-state index in [1.165, 1.54) is 4.90 Å². The summed E-state index contributed by atoms with van der Waals surface area (Å²) in [5.41, 5.74) is 1.09. The van der Waals surface area contributed by atoms with Gasteiger partial charge in [-0.2, -0.15) is 0 Å². The molecular formula is C23H28N2O5. The number of amides is 2. The fraction of sp³-hybridized carbons (Fsp3) is 0.391. The molecule has 0 radical (unpaired) electrons. The summed E-state index contributed by atoms with van der Waals surface area (Å²) in [7, 11) is 1.67. The maximum absolute atomic E-state index is 13.2. The lowest BCUT2D eigenvalue weighted by Crippen LogP contribution is -2.49. The molecule has 0 spiro atoms. The molecule has 7 nitrogen and oxygen atoms in total. The molecule has 0 aliphatic carbocycles. The van der Waals surface area contributed by atoms with Gasteiger partial charge in [0.25, 0.3) is 0 Å². The molecule has 7 heteroatoms. The topological polar surface area (TPSA) is 77.1 Å². The fourth-order valence-electron chi connectivity index (χ4n) is 3.12. The molecule has 1 aliphatic heterocycles. The van der Waals surface area contributed by atoms with E-state index in [0.29, 0.717) is 30.0 Å². The van der Waals surface area contributed by atoms with Crippen molar-refractivity contribution < 1.29 is 23.8 Å². The van der Waals surface area contributed by atoms with Crippen LogP contribution in [0.25, 0.3) is 0 Å². The second-order valence-electron chi connectivity index (χ2n) is 8.16. The third kappa shape index (κ3) is 5.65. The van der Waals surface area contributed by atoms with E-state index in [1.807, 2.05) is 30.3 Å². The number of nitrogens with zero attached hydrogens (tertiary/aromatic N) is 1. The van der Waals surface area contributed by atoms with Gasteiger partial charge in [0.05, 0.1) is 0 Å². The molecule has 1 N–H and O–H groups in total. The van der Waals surface area contributed by atoms with Crippen molar-refractivity contribution in [3.63, 3.8) is 0 Å². The number of carbonyl (C=O) groups is 2. The summed E-state index contributed by atoms with van der Waals surface area (Å²) in [6.07, 6.45) is 0.465. The van der Waals surface area contributed by atoms with Crippen LogP contribution in [0.2, 0.25) is 0 Å². The average molecular weight is 412 g/mol. The number of alkyl carbamates (subject to hydrolysis) is 1. The van der Waals surface area contributed by atoms with Gasteiger partial charge >= 0.3 is 6.09 Å². The molecule has 0 saturated heterocycles. The SMILES string of the molecule is CN(C(=O)[C@H](CCc1ccccc1)NC(=O)OC(C)(C)C)c1ccc2c(c1)OCO2. The van der Waals surface area contributed by atoms with Crippen molar-refractivity contribution >= 4 is 17.7 Å². The summed E-state index contributed by atoms with van der Waals surface area (Å²) in [6.45, 7) is 5.51. The summed E-state index contributed by atoms with van der Waals surface area (Å²) in [6, 6.07) is 14.4. The van der Waals surface area contributed by atoms with Gasteiger partial charge in [-0.25, -0.2) is 4.79 Å². The second-order valence-corrected chi connectivity index (χ2v) is 8.16. The second kappa shape index (κ2) is 9.07. The number of nitrogens with one attached hydrogen (secondary N) is 1. The Balaban J connectivity index is 1.74. The number of ether oxygens (including phenoxy) is 3. The molecule has 0 aromatic heterocycles. The third-order valence-electron chi connectivity index (χ3n) is 4.63. The monoisotopic (exact) mass is 412 g/mol. The van der Waals surface area contributed by atoms with Crippen LogP contribution >= 0.6 is 0 Å². The standard InChI is InChI=1S/C23H28N2O5/c1-23(2,3)30-22(27)24-18(12-10-16-8-6-5-7-9-16)21(26)25(4)17-11-13-19-20(14-17)29-15-28-19/h5-9,11,13-14,18H,10,12,15H2,1-4H3,(H,24,27)/t18-/m0/s1. The summed E-state index contributed by atoms with van der Waals surface area (Å²) >= 11 is 0. The van der Waals surface area contributed by atoms with Gasteiger partial charge in [0.15, 0.2) is 11.5 Å². The van der Waals surface area contributed by atoms with Crippen LogP contribution < -0.4 is 19.7 Å². The van der Waals surface area contributed by atoms with E-state index in [2.05, 4.69) is 5.32 Å². The Morgan fingerprint density at radius 2 is 1.80 bits per heavy atom. The Kier molecular flexibility index (Phi) is 6.50. The van der Waals surface area contributed by atoms with Gasteiger partial charge in [0, 0.05) is 18.8 Å². The number of fused-ring (bicyclic) bond motifs is 1. The highest BCUT2D eigenvalue weighted by atomic mass is 16.7. The number of hydrogen-bond donors (Lipinski definition) is 1. The molecule has 2 aromatic rings. The molecule has 3 rings (SSSR count). The van der Waals surface area contributed by atoms with Crippen molar-refractivity contribution in [1.82, 2.24) is 5.32 Å². The normalized spacial score (nSPS) is 13.5. The molecule has 0 saturated carbocycles. The number of hydrogen-bond acceptors (Lipinski definition) is 5. The van der Waals surface area contributed by atoms with E-state index in [1.54, 1.807) is 46.0 Å². The van der Waals surface area contributed by atoms with Crippen LogP contribution in [0.4, 0.5) is 10.5 Å². The van der Waals surface area contributed by atoms with Crippen LogP contribution in [-0.2, 0) is 16.0 Å². The van der Waals surface area contributed by atoms with Gasteiger partial charge in [-0.3, -0.25) is 4.79 Å². The van der Waals surface area contributed by atoms with Crippen LogP contribution in [0.1, 0.15) is 32.8 Å². The molecule has 0 unspecified atom stereocenters. The van der Waals surface area contributed by atoms with Gasteiger partial charge in [-0.05, 0) is 51.3 Å². The van der Waals surface area contributed by atoms with E-state index in [0.717, 1.165) is 5.56 Å². The molecule has 160 valence electrons. The minimum Gasteiger partial charge on any atom is -0.454 e. The Bertz CT molecular complexity index is 892. The van der Waals surface area contributed by atoms with Crippen molar-refractivity contribution in [2.45, 2.75) is 45.3 Å². The summed E-state index contributed by atoms with van der Waals surface area (Å²) in [5, 5.41) is 2.74. The van der Waals surface area contributed by atoms with Gasteiger partial charge in [0.2, 0.25) is 12.7 Å². The highest BCUT2D eigenvalue weighted by Crippen LogP contribution is 2.35. The molecule has 1 aliphatic rings. The predicted octanol–water partition coefficient (Wildman–Crippen LogP) is 3.90. The largest absolute Gasteiger partial charge is 0.454 e. The molecule has 1 atom stereocenters. The lowest BCUT2D eigenvalue weighted by Gasteiger charge is -2.26. The molecule has 2 amide bonds. The smallest absolute Gasteiger partial charge is 0.408 e. The summed E-state index contributed by atoms with van der Waals surface area (Å²) < 4.78 is 16.1. The van der Waals surface area contributed by atoms with Crippen molar-refractivity contribution in [1.29, 1.82) is 0 Å². The van der Waals surface area contributed by atoms with Gasteiger partial charge < -0.3 is 24.4 Å². The Labute approximate surface area is 176 Å². The minimum absolute atomic E-state index is 0.163. The van der Waals surface area contributed by atoms with Crippen LogP contribution in [-0.4, -0.2) is 37.5 Å². The van der Waals surface area contributed by atoms with Crippen LogP contribution in [0, 0.1) is 0 Å². The maximum atomic E-state index is 13.2. The summed E-state index contributed by atoms with van der Waals surface area (Å²) in [5.74, 6) is 0.996. The van der Waals surface area contributed by atoms with E-state index < -0.39 is 17.7 Å². The van der Waals surface area contributed by atoms with Crippen LogP contribution in [0.5, 0.6) is 11.5 Å². The van der Waals surface area contributed by atoms with Crippen molar-refractivity contribution in [3.8, 4) is 11.5 Å². The minimum atomic E-state index is -0.740. The van der Waals surface area contributed by atoms with Gasteiger partial charge in [0.1, 0.15) is 11.6 Å². The lowest BCUT2D eigenvalue weighted by atomic mass is 10.0. The van der Waals surface area contributed by atoms with E-state index in [9.17, 15) is 9.59 Å². The Morgan fingerprint density at radius 1 is 1.10 bits per heavy atom. The molecule has 0 bridgehead atoms. The first-order valence-corrected chi connectivity index (χ1v) is 9.93. The molecule has 1 heterocycles. The number of rotatable bonds is 6. The summed E-state index contributed by atoms with van der Waals surface area (Å²) in [4.78, 5) is 27.1. The maximum Gasteiger partial charge on any atom is 0.408 e. The molecule has 2 aromatic carbocycles. The average Bonchev–Trinajstić information content (AvgIpc) is 3.17. The van der Waals surface area contributed by atoms with Gasteiger partial charge in [-0.15, -0.1) is 0 Å². The van der Waals surface area contributed by atoms with Crippen molar-refractivity contribution in [3.05, 3.63) is 54.1 Å². The van der Waals surface area contributed by atoms with Crippen LogP contribution in [0.15, 0.2) is 48.5 Å². The zero-order valence-corrected chi connectivity index (χ0v) is 17.8. The highest BCUT2D eigenvalue weighted by molar-refractivity contribution is 5.98. The number of carbonyl (C=O) groups excluding carboxylic acids is 2. The first kappa shape index (κ1) is 21.5. The number of benzene rings is 2. The van der Waals surface area contributed by atoms with Crippen molar-refractivity contribution in [2.75, 3.05) is 18.7 Å². The lowest BCUT2D eigenvalue weighted by molar-refractivity contribution is -0.120. The fourth-order valence-corrected chi connectivity index (χ4v) is 3.12. The van der Waals surface area contributed by atoms with Gasteiger partial charge in [-0.1, -0.05) is 30.3 Å². The van der Waals surface area contributed by atoms with E-state index in [4.69, 9.17) is 14.2 Å². The first-order valence-electron chi connectivity index (χ1n) is 9.93. The number of likely N-dealkylation sites (N-methyl/N-ethyl adjacent to an activating group) is 1. The molecule has 0 fully saturated rings. The Hall–Kier alpha value is -3.22. The zero-order chi connectivity index (χ0) is 21.7. The Morgan fingerprint density at radius 3 is 2.50 bits per heavy atom. The predicted molar refractivity (Wildman–Crippen MR) is 114 cm³/mol. The number of anilines is 1. The van der Waals surface area contributed by atoms with E-state index >= 15 is 0 Å². The van der Waals surface area contributed by atoms with Crippen molar-refractivity contribution in [2.24, 2.45) is 0 Å². The van der Waals surface area contributed by atoms with Crippen LogP contribution in [0.3, 0.4) is 0 Å². The quantitative estimate of drug-likeness (QED) is 0.779.